The monoisotopic (exact) mass is 388 g/mol. The summed E-state index contributed by atoms with van der Waals surface area (Å²) < 4.78 is 5.28. The van der Waals surface area contributed by atoms with E-state index in [4.69, 9.17) is 4.74 Å². The van der Waals surface area contributed by atoms with E-state index < -0.39 is 12.0 Å². The second-order valence-electron chi connectivity index (χ2n) is 7.99. The summed E-state index contributed by atoms with van der Waals surface area (Å²) in [7, 11) is 0. The molecule has 1 aliphatic heterocycles. The number of amides is 2. The second kappa shape index (κ2) is 10.2. The van der Waals surface area contributed by atoms with Gasteiger partial charge in [-0.25, -0.2) is 4.79 Å². The predicted octanol–water partition coefficient (Wildman–Crippen LogP) is 2.70. The quantitative estimate of drug-likeness (QED) is 0.729. The third-order valence-corrected chi connectivity index (χ3v) is 5.26. The highest BCUT2D eigenvalue weighted by molar-refractivity contribution is 5.87. The molecule has 0 saturated carbocycles. The summed E-state index contributed by atoms with van der Waals surface area (Å²) in [5, 5.41) is 2.75. The Morgan fingerprint density at radius 3 is 2.29 bits per heavy atom. The third kappa shape index (κ3) is 6.08. The number of rotatable bonds is 7. The molecule has 1 aromatic rings. The molecule has 0 spiro atoms. The van der Waals surface area contributed by atoms with Gasteiger partial charge in [0.1, 0.15) is 6.04 Å². The van der Waals surface area contributed by atoms with Crippen LogP contribution >= 0.6 is 0 Å². The Kier molecular flexibility index (Phi) is 8.03. The number of nitrogens with zero attached hydrogens (tertiary/aromatic N) is 1. The molecule has 2 rings (SSSR count). The molecule has 1 saturated heterocycles. The fourth-order valence-electron chi connectivity index (χ4n) is 3.71. The summed E-state index contributed by atoms with van der Waals surface area (Å²) in [6, 6.07) is 8.87. The maximum Gasteiger partial charge on any atom is 0.329 e. The number of piperidine rings is 1. The van der Waals surface area contributed by atoms with Crippen LogP contribution in [-0.2, 0) is 25.5 Å². The molecule has 0 aromatic heterocycles. The first-order valence-corrected chi connectivity index (χ1v) is 10.1. The van der Waals surface area contributed by atoms with Crippen LogP contribution in [-0.4, -0.2) is 47.4 Å². The normalized spacial score (nSPS) is 20.5. The van der Waals surface area contributed by atoms with Crippen LogP contribution in [0.25, 0.3) is 0 Å². The lowest BCUT2D eigenvalue weighted by Gasteiger charge is -2.39. The Bertz CT molecular complexity index is 664. The molecule has 0 unspecified atom stereocenters. The van der Waals surface area contributed by atoms with Gasteiger partial charge in [0.15, 0.2) is 6.61 Å². The van der Waals surface area contributed by atoms with E-state index in [1.54, 1.807) is 0 Å². The van der Waals surface area contributed by atoms with Gasteiger partial charge in [0, 0.05) is 12.1 Å². The van der Waals surface area contributed by atoms with E-state index in [1.165, 1.54) is 0 Å². The summed E-state index contributed by atoms with van der Waals surface area (Å²) >= 11 is 0. The molecule has 0 bridgehead atoms. The average molecular weight is 389 g/mol. The van der Waals surface area contributed by atoms with Gasteiger partial charge in [-0.1, -0.05) is 44.2 Å². The van der Waals surface area contributed by atoms with Crippen LogP contribution < -0.4 is 5.32 Å². The number of carbonyl (C=O) groups excluding carboxylic acids is 3. The number of benzene rings is 1. The van der Waals surface area contributed by atoms with Gasteiger partial charge in [-0.15, -0.1) is 0 Å². The Morgan fingerprint density at radius 1 is 1.11 bits per heavy atom. The van der Waals surface area contributed by atoms with E-state index in [2.05, 4.69) is 5.32 Å². The summed E-state index contributed by atoms with van der Waals surface area (Å²) in [5.74, 6) is -1.13. The lowest BCUT2D eigenvalue weighted by Crippen LogP contribution is -2.50. The SMILES string of the molecule is CC(C)[C@H](NC(=O)Cc1ccccc1)C(=O)OCC(=O)N1[C@@H](C)CCC[C@@H]1C. The number of ether oxygens (including phenoxy) is 1. The summed E-state index contributed by atoms with van der Waals surface area (Å²) in [5.41, 5.74) is 0.874. The fraction of sp³-hybridized carbons (Fsp3) is 0.591. The van der Waals surface area contributed by atoms with E-state index >= 15 is 0 Å². The number of carbonyl (C=O) groups is 3. The highest BCUT2D eigenvalue weighted by Crippen LogP contribution is 2.22. The van der Waals surface area contributed by atoms with Crippen molar-refractivity contribution in [1.82, 2.24) is 10.2 Å². The molecule has 0 aliphatic carbocycles. The standard InChI is InChI=1S/C22H32N2O4/c1-15(2)21(23-19(25)13-18-11-6-5-7-12-18)22(27)28-14-20(26)24-16(3)9-8-10-17(24)4/h5-7,11-12,15-17,21H,8-10,13-14H2,1-4H3,(H,23,25)/t16-,17-,21-/m0/s1. The largest absolute Gasteiger partial charge is 0.454 e. The first-order chi connectivity index (χ1) is 13.3. The summed E-state index contributed by atoms with van der Waals surface area (Å²) in [6.45, 7) is 7.44. The van der Waals surface area contributed by atoms with Gasteiger partial charge in [-0.05, 0) is 44.6 Å². The van der Waals surface area contributed by atoms with Crippen molar-refractivity contribution in [3.8, 4) is 0 Å². The molecule has 1 heterocycles. The van der Waals surface area contributed by atoms with Gasteiger partial charge in [-0.2, -0.15) is 0 Å². The van der Waals surface area contributed by atoms with Gasteiger partial charge >= 0.3 is 5.97 Å². The molecule has 1 fully saturated rings. The van der Waals surface area contributed by atoms with E-state index in [0.29, 0.717) is 0 Å². The van der Waals surface area contributed by atoms with Crippen molar-refractivity contribution < 1.29 is 19.1 Å². The molecule has 28 heavy (non-hydrogen) atoms. The molecule has 1 aromatic carbocycles. The molecule has 6 heteroatoms. The van der Waals surface area contributed by atoms with Crippen molar-refractivity contribution >= 4 is 17.8 Å². The van der Waals surface area contributed by atoms with Crippen LogP contribution in [0.2, 0.25) is 0 Å². The maximum atomic E-state index is 12.5. The minimum Gasteiger partial charge on any atom is -0.454 e. The number of likely N-dealkylation sites (tertiary alicyclic amines) is 1. The second-order valence-corrected chi connectivity index (χ2v) is 7.99. The molecule has 154 valence electrons. The number of hydrogen-bond donors (Lipinski definition) is 1. The lowest BCUT2D eigenvalue weighted by atomic mass is 9.97. The molecule has 1 aliphatic rings. The number of hydrogen-bond acceptors (Lipinski definition) is 4. The van der Waals surface area contributed by atoms with Crippen LogP contribution in [0.15, 0.2) is 30.3 Å². The molecular formula is C22H32N2O4. The molecule has 0 radical (unpaired) electrons. The minimum absolute atomic E-state index is 0.143. The van der Waals surface area contributed by atoms with E-state index in [9.17, 15) is 14.4 Å². The zero-order valence-corrected chi connectivity index (χ0v) is 17.3. The van der Waals surface area contributed by atoms with Crippen molar-refractivity contribution in [2.45, 2.75) is 71.5 Å². The Morgan fingerprint density at radius 2 is 1.71 bits per heavy atom. The van der Waals surface area contributed by atoms with Gasteiger partial charge in [0.2, 0.25) is 5.91 Å². The van der Waals surface area contributed by atoms with Gasteiger partial charge in [0.25, 0.3) is 5.91 Å². The highest BCUT2D eigenvalue weighted by atomic mass is 16.5. The van der Waals surface area contributed by atoms with Crippen molar-refractivity contribution in [3.05, 3.63) is 35.9 Å². The van der Waals surface area contributed by atoms with E-state index in [1.807, 2.05) is 62.9 Å². The van der Waals surface area contributed by atoms with Crippen LogP contribution in [0.3, 0.4) is 0 Å². The van der Waals surface area contributed by atoms with Crippen molar-refractivity contribution in [2.24, 2.45) is 5.92 Å². The zero-order chi connectivity index (χ0) is 20.7. The molecule has 1 N–H and O–H groups in total. The summed E-state index contributed by atoms with van der Waals surface area (Å²) in [6.07, 6.45) is 3.23. The lowest BCUT2D eigenvalue weighted by molar-refractivity contribution is -0.157. The number of esters is 1. The van der Waals surface area contributed by atoms with Gasteiger partial charge in [-0.3, -0.25) is 9.59 Å². The third-order valence-electron chi connectivity index (χ3n) is 5.26. The smallest absolute Gasteiger partial charge is 0.329 e. The van der Waals surface area contributed by atoms with E-state index in [0.717, 1.165) is 24.8 Å². The van der Waals surface area contributed by atoms with Crippen molar-refractivity contribution in [2.75, 3.05) is 6.61 Å². The number of nitrogens with one attached hydrogen (secondary N) is 1. The topological polar surface area (TPSA) is 75.7 Å². The van der Waals surface area contributed by atoms with Crippen molar-refractivity contribution in [1.29, 1.82) is 0 Å². The Balaban J connectivity index is 1.89. The maximum absolute atomic E-state index is 12.5. The Labute approximate surface area is 167 Å². The fourth-order valence-corrected chi connectivity index (χ4v) is 3.71. The van der Waals surface area contributed by atoms with Crippen LogP contribution in [0, 0.1) is 5.92 Å². The van der Waals surface area contributed by atoms with Crippen LogP contribution in [0.5, 0.6) is 0 Å². The molecule has 6 nitrogen and oxygen atoms in total. The molecular weight excluding hydrogens is 356 g/mol. The molecule has 2 amide bonds. The van der Waals surface area contributed by atoms with Gasteiger partial charge < -0.3 is 15.0 Å². The predicted molar refractivity (Wildman–Crippen MR) is 107 cm³/mol. The molecule has 3 atom stereocenters. The highest BCUT2D eigenvalue weighted by Gasteiger charge is 2.31. The Hall–Kier alpha value is -2.37. The van der Waals surface area contributed by atoms with Gasteiger partial charge in [0.05, 0.1) is 6.42 Å². The first kappa shape index (κ1) is 21.9. The first-order valence-electron chi connectivity index (χ1n) is 10.1. The average Bonchev–Trinajstić information content (AvgIpc) is 2.64. The summed E-state index contributed by atoms with van der Waals surface area (Å²) in [4.78, 5) is 39.2. The van der Waals surface area contributed by atoms with E-state index in [-0.39, 0.29) is 42.8 Å². The van der Waals surface area contributed by atoms with Crippen LogP contribution in [0.1, 0.15) is 52.5 Å². The van der Waals surface area contributed by atoms with Crippen molar-refractivity contribution in [3.63, 3.8) is 0 Å². The van der Waals surface area contributed by atoms with Crippen LogP contribution in [0.4, 0.5) is 0 Å². The minimum atomic E-state index is -0.778. The zero-order valence-electron chi connectivity index (χ0n) is 17.3.